The van der Waals surface area contributed by atoms with E-state index in [2.05, 4.69) is 26.1 Å². The molecule has 0 radical (unpaired) electrons. The molecule has 108 valence electrons. The van der Waals surface area contributed by atoms with Gasteiger partial charge in [-0.25, -0.2) is 4.39 Å². The minimum Gasteiger partial charge on any atom is -0.481 e. The van der Waals surface area contributed by atoms with Crippen LogP contribution in [0.5, 0.6) is 5.75 Å². The fourth-order valence-corrected chi connectivity index (χ4v) is 1.76. The molecule has 0 atom stereocenters. The summed E-state index contributed by atoms with van der Waals surface area (Å²) in [4.78, 5) is 4.02. The summed E-state index contributed by atoms with van der Waals surface area (Å²) in [6, 6.07) is 2.31. The van der Waals surface area contributed by atoms with Crippen molar-refractivity contribution in [1.29, 1.82) is 0 Å². The first-order valence-electron chi connectivity index (χ1n) is 5.66. The molecular formula is C12H12BrF2N3O2. The normalized spacial score (nSPS) is 11.7. The second-order valence-corrected chi connectivity index (χ2v) is 5.64. The molecule has 0 aliphatic carbocycles. The third kappa shape index (κ3) is 3.31. The lowest BCUT2D eigenvalue weighted by Crippen LogP contribution is -2.30. The highest BCUT2D eigenvalue weighted by atomic mass is 79.9. The Kier molecular flexibility index (Phi) is 4.05. The van der Waals surface area contributed by atoms with E-state index in [1.165, 1.54) is 6.07 Å². The molecule has 5 nitrogen and oxygen atoms in total. The molecule has 0 saturated heterocycles. The van der Waals surface area contributed by atoms with Gasteiger partial charge in [0.2, 0.25) is 5.82 Å². The highest BCUT2D eigenvalue weighted by molar-refractivity contribution is 9.10. The molecule has 0 aliphatic heterocycles. The van der Waals surface area contributed by atoms with Crippen molar-refractivity contribution in [3.8, 4) is 5.75 Å². The maximum absolute atomic E-state index is 13.5. The second kappa shape index (κ2) is 5.45. The number of rotatable bonds is 4. The minimum absolute atomic E-state index is 0.123. The van der Waals surface area contributed by atoms with Crippen molar-refractivity contribution in [1.82, 2.24) is 10.1 Å². The van der Waals surface area contributed by atoms with Crippen LogP contribution in [-0.2, 0) is 12.1 Å². The number of aromatic nitrogens is 2. The Bertz CT molecular complexity index is 626. The topological polar surface area (TPSA) is 74.2 Å². The number of hydrogen-bond donors (Lipinski definition) is 1. The molecule has 1 aromatic heterocycles. The van der Waals surface area contributed by atoms with Crippen LogP contribution >= 0.6 is 15.9 Å². The number of nitrogens with zero attached hydrogens (tertiary/aromatic N) is 2. The molecule has 1 aromatic carbocycles. The van der Waals surface area contributed by atoms with Gasteiger partial charge in [-0.05, 0) is 26.0 Å². The lowest BCUT2D eigenvalue weighted by atomic mass is 10.1. The summed E-state index contributed by atoms with van der Waals surface area (Å²) in [6.45, 7) is 3.24. The predicted octanol–water partition coefficient (Wildman–Crippen LogP) is 2.88. The van der Waals surface area contributed by atoms with E-state index in [1.807, 2.05) is 0 Å². The van der Waals surface area contributed by atoms with Crippen molar-refractivity contribution in [3.63, 3.8) is 0 Å². The van der Waals surface area contributed by atoms with Gasteiger partial charge < -0.3 is 15.0 Å². The second-order valence-electron chi connectivity index (χ2n) is 4.72. The van der Waals surface area contributed by atoms with Gasteiger partial charge in [-0.1, -0.05) is 21.1 Å². The van der Waals surface area contributed by atoms with Crippen LogP contribution in [0.1, 0.15) is 25.6 Å². The zero-order valence-electron chi connectivity index (χ0n) is 10.8. The van der Waals surface area contributed by atoms with Crippen LogP contribution in [0.15, 0.2) is 21.1 Å². The summed E-state index contributed by atoms with van der Waals surface area (Å²) in [6.07, 6.45) is 0. The van der Waals surface area contributed by atoms with Gasteiger partial charge in [0.05, 0.1) is 5.54 Å². The van der Waals surface area contributed by atoms with E-state index in [-0.39, 0.29) is 18.2 Å². The molecule has 0 spiro atoms. The molecule has 0 aliphatic rings. The van der Waals surface area contributed by atoms with Crippen LogP contribution in [-0.4, -0.2) is 10.1 Å². The number of hydrogen-bond acceptors (Lipinski definition) is 5. The summed E-state index contributed by atoms with van der Waals surface area (Å²) in [5.41, 5.74) is 5.04. The van der Waals surface area contributed by atoms with Crippen LogP contribution in [0.25, 0.3) is 0 Å². The Balaban J connectivity index is 2.11. The predicted molar refractivity (Wildman–Crippen MR) is 69.9 cm³/mol. The van der Waals surface area contributed by atoms with Gasteiger partial charge in [0.25, 0.3) is 5.89 Å². The first-order chi connectivity index (χ1) is 9.27. The van der Waals surface area contributed by atoms with Gasteiger partial charge >= 0.3 is 0 Å². The molecular weight excluding hydrogens is 336 g/mol. The molecule has 0 saturated carbocycles. The Morgan fingerprint density at radius 2 is 2.10 bits per heavy atom. The summed E-state index contributed by atoms with van der Waals surface area (Å²) >= 11 is 3.05. The lowest BCUT2D eigenvalue weighted by molar-refractivity contribution is 0.231. The van der Waals surface area contributed by atoms with Gasteiger partial charge in [-0.2, -0.15) is 9.37 Å². The molecule has 0 amide bonds. The maximum atomic E-state index is 13.5. The average molecular weight is 348 g/mol. The van der Waals surface area contributed by atoms with Crippen molar-refractivity contribution >= 4 is 15.9 Å². The summed E-state index contributed by atoms with van der Waals surface area (Å²) in [5, 5.41) is 3.69. The van der Waals surface area contributed by atoms with E-state index in [9.17, 15) is 8.78 Å². The molecule has 2 N–H and O–H groups in total. The van der Waals surface area contributed by atoms with Crippen LogP contribution in [0.2, 0.25) is 0 Å². The largest absolute Gasteiger partial charge is 0.481 e. The number of halogens is 3. The Morgan fingerprint density at radius 1 is 1.40 bits per heavy atom. The molecule has 20 heavy (non-hydrogen) atoms. The number of benzene rings is 1. The van der Waals surface area contributed by atoms with Gasteiger partial charge in [-0.15, -0.1) is 0 Å². The highest BCUT2D eigenvalue weighted by Gasteiger charge is 2.22. The third-order valence-corrected chi connectivity index (χ3v) is 2.81. The number of nitrogens with two attached hydrogens (primary N) is 1. The lowest BCUT2D eigenvalue weighted by Gasteiger charge is -2.11. The standard InChI is InChI=1S/C12H12BrF2N3O2/c1-12(2,16)11-17-9(20-18-11)5-19-8-4-6(13)3-7(14)10(8)15/h3-4H,5,16H2,1-2H3. The Morgan fingerprint density at radius 3 is 2.70 bits per heavy atom. The summed E-state index contributed by atoms with van der Waals surface area (Å²) in [5.74, 6) is -1.91. The monoisotopic (exact) mass is 347 g/mol. The van der Waals surface area contributed by atoms with E-state index in [1.54, 1.807) is 13.8 Å². The van der Waals surface area contributed by atoms with Crippen molar-refractivity contribution in [2.24, 2.45) is 5.73 Å². The van der Waals surface area contributed by atoms with Crippen LogP contribution < -0.4 is 10.5 Å². The van der Waals surface area contributed by atoms with Gasteiger partial charge in [0.15, 0.2) is 24.0 Å². The van der Waals surface area contributed by atoms with Crippen LogP contribution in [0, 0.1) is 11.6 Å². The molecule has 0 bridgehead atoms. The fraction of sp³-hybridized carbons (Fsp3) is 0.333. The van der Waals surface area contributed by atoms with Gasteiger partial charge in [0.1, 0.15) is 0 Å². The van der Waals surface area contributed by atoms with Gasteiger partial charge in [-0.3, -0.25) is 0 Å². The molecule has 8 heteroatoms. The SMILES string of the molecule is CC(C)(N)c1noc(COc2cc(Br)cc(F)c2F)n1. The zero-order chi connectivity index (χ0) is 14.9. The zero-order valence-corrected chi connectivity index (χ0v) is 12.4. The summed E-state index contributed by atoms with van der Waals surface area (Å²) in [7, 11) is 0. The van der Waals surface area contributed by atoms with Crippen molar-refractivity contribution in [2.75, 3.05) is 0 Å². The Labute approximate surface area is 122 Å². The van der Waals surface area contributed by atoms with E-state index >= 15 is 0 Å². The Hall–Kier alpha value is -1.54. The van der Waals surface area contributed by atoms with Crippen molar-refractivity contribution < 1.29 is 18.0 Å². The highest BCUT2D eigenvalue weighted by Crippen LogP contribution is 2.26. The van der Waals surface area contributed by atoms with E-state index in [0.29, 0.717) is 10.3 Å². The number of ether oxygens (including phenoxy) is 1. The quantitative estimate of drug-likeness (QED) is 0.860. The summed E-state index contributed by atoms with van der Waals surface area (Å²) < 4.78 is 37.1. The average Bonchev–Trinajstić information content (AvgIpc) is 2.80. The molecule has 2 aromatic rings. The van der Waals surface area contributed by atoms with Gasteiger partial charge in [0, 0.05) is 4.47 Å². The molecule has 2 rings (SSSR count). The maximum Gasteiger partial charge on any atom is 0.264 e. The third-order valence-electron chi connectivity index (χ3n) is 2.36. The van der Waals surface area contributed by atoms with Crippen LogP contribution in [0.4, 0.5) is 8.78 Å². The van der Waals surface area contributed by atoms with Crippen molar-refractivity contribution in [3.05, 3.63) is 40.0 Å². The van der Waals surface area contributed by atoms with Crippen LogP contribution in [0.3, 0.4) is 0 Å². The first-order valence-corrected chi connectivity index (χ1v) is 6.46. The first kappa shape index (κ1) is 14.9. The smallest absolute Gasteiger partial charge is 0.264 e. The molecule has 0 fully saturated rings. The minimum atomic E-state index is -1.08. The van der Waals surface area contributed by atoms with Crippen molar-refractivity contribution in [2.45, 2.75) is 26.0 Å². The fourth-order valence-electron chi connectivity index (χ4n) is 1.35. The van der Waals surface area contributed by atoms with E-state index < -0.39 is 17.2 Å². The van der Waals surface area contributed by atoms with E-state index in [4.69, 9.17) is 15.0 Å². The molecule has 1 heterocycles. The molecule has 0 unspecified atom stereocenters. The van der Waals surface area contributed by atoms with E-state index in [0.717, 1.165) is 6.07 Å².